The quantitative estimate of drug-likeness (QED) is 0.0859. The van der Waals surface area contributed by atoms with Gasteiger partial charge in [-0.2, -0.15) is 0 Å². The molecule has 0 fully saturated rings. The number of aliphatic carboxylic acids is 1. The highest BCUT2D eigenvalue weighted by atomic mass is 16.4. The van der Waals surface area contributed by atoms with Crippen LogP contribution in [0.3, 0.4) is 0 Å². The Morgan fingerprint density at radius 3 is 2.04 bits per heavy atom. The molecule has 0 aromatic heterocycles. The van der Waals surface area contributed by atoms with Gasteiger partial charge in [-0.25, -0.2) is 4.79 Å². The van der Waals surface area contributed by atoms with E-state index in [-0.39, 0.29) is 31.8 Å². The molecule has 0 aromatic rings. The van der Waals surface area contributed by atoms with E-state index in [1.165, 1.54) is 0 Å². The van der Waals surface area contributed by atoms with Crippen LogP contribution in [0.5, 0.6) is 0 Å². The van der Waals surface area contributed by atoms with Gasteiger partial charge in [0, 0.05) is 13.0 Å². The van der Waals surface area contributed by atoms with E-state index in [1.54, 1.807) is 0 Å². The first kappa shape index (κ1) is 24.1. The van der Waals surface area contributed by atoms with Crippen LogP contribution in [0.2, 0.25) is 0 Å². The second-order valence-corrected chi connectivity index (χ2v) is 5.70. The molecule has 13 nitrogen and oxygen atoms in total. The Bertz CT molecular complexity index is 564. The molecule has 0 aliphatic carbocycles. The van der Waals surface area contributed by atoms with Crippen LogP contribution < -0.4 is 33.6 Å². The molecule has 0 saturated heterocycles. The van der Waals surface area contributed by atoms with Crippen LogP contribution in [0, 0.1) is 0 Å². The van der Waals surface area contributed by atoms with Crippen molar-refractivity contribution >= 4 is 29.7 Å². The number of guanidine groups is 1. The van der Waals surface area contributed by atoms with E-state index < -0.39 is 48.4 Å². The number of aliphatic imine (C=N–C) groups is 1. The zero-order valence-electron chi connectivity index (χ0n) is 14.8. The third-order valence-corrected chi connectivity index (χ3v) is 3.41. The normalized spacial score (nSPS) is 13.7. The predicted octanol–water partition coefficient (Wildman–Crippen LogP) is -4.32. The number of aliphatic hydroxyl groups is 1. The van der Waals surface area contributed by atoms with E-state index in [0.29, 0.717) is 6.42 Å². The van der Waals surface area contributed by atoms with Crippen molar-refractivity contribution in [3.8, 4) is 0 Å². The number of hydrogen-bond acceptors (Lipinski definition) is 7. The fraction of sp³-hybridized carbons (Fsp3) is 0.643. The van der Waals surface area contributed by atoms with Crippen molar-refractivity contribution in [2.45, 2.75) is 43.8 Å². The molecule has 154 valence electrons. The molecule has 27 heavy (non-hydrogen) atoms. The zero-order chi connectivity index (χ0) is 21.0. The molecule has 13 heteroatoms. The van der Waals surface area contributed by atoms with Crippen LogP contribution in [0.1, 0.15) is 25.7 Å². The summed E-state index contributed by atoms with van der Waals surface area (Å²) >= 11 is 0. The minimum absolute atomic E-state index is 0.0886. The standard InChI is InChI=1S/C14H27N7O6/c15-7(2-1-5-19-14(17)18)11(24)21-9(6-22)12(25)20-8(13(26)27)3-4-10(16)23/h7-9,22H,1-6,15H2,(H2,16,23)(H,20,25)(H,21,24)(H,26,27)(H4,17,18,19)/t7-,8-,9-/m0/s1. The van der Waals surface area contributed by atoms with E-state index in [1.807, 2.05) is 0 Å². The average molecular weight is 389 g/mol. The highest BCUT2D eigenvalue weighted by molar-refractivity contribution is 5.92. The molecule has 0 heterocycles. The summed E-state index contributed by atoms with van der Waals surface area (Å²) in [5, 5.41) is 22.7. The number of aliphatic hydroxyl groups excluding tert-OH is 1. The van der Waals surface area contributed by atoms with Gasteiger partial charge in [0.05, 0.1) is 12.6 Å². The molecule has 3 atom stereocenters. The Kier molecular flexibility index (Phi) is 11.1. The van der Waals surface area contributed by atoms with Gasteiger partial charge in [0.25, 0.3) is 0 Å². The first-order chi connectivity index (χ1) is 12.6. The number of carbonyl (C=O) groups excluding carboxylic acids is 3. The third-order valence-electron chi connectivity index (χ3n) is 3.41. The topological polar surface area (TPSA) is 249 Å². The molecule has 0 aliphatic rings. The van der Waals surface area contributed by atoms with Gasteiger partial charge in [-0.15, -0.1) is 0 Å². The summed E-state index contributed by atoms with van der Waals surface area (Å²) in [6, 6.07) is -3.79. The molecule has 0 aromatic carbocycles. The van der Waals surface area contributed by atoms with E-state index in [2.05, 4.69) is 15.6 Å². The summed E-state index contributed by atoms with van der Waals surface area (Å²) in [6.45, 7) is -0.506. The number of primary amides is 1. The fourth-order valence-electron chi connectivity index (χ4n) is 1.94. The number of hydrogen-bond donors (Lipinski definition) is 8. The monoisotopic (exact) mass is 389 g/mol. The zero-order valence-corrected chi connectivity index (χ0v) is 14.8. The lowest BCUT2D eigenvalue weighted by molar-refractivity contribution is -0.142. The molecule has 0 spiro atoms. The summed E-state index contributed by atoms with van der Waals surface area (Å²) in [4.78, 5) is 49.7. The minimum atomic E-state index is -1.41. The van der Waals surface area contributed by atoms with Crippen LogP contribution in [-0.4, -0.2) is 71.1 Å². The van der Waals surface area contributed by atoms with Crippen molar-refractivity contribution in [3.63, 3.8) is 0 Å². The van der Waals surface area contributed by atoms with E-state index >= 15 is 0 Å². The van der Waals surface area contributed by atoms with Crippen LogP contribution in [0.15, 0.2) is 4.99 Å². The van der Waals surface area contributed by atoms with Gasteiger partial charge < -0.3 is 43.8 Å². The van der Waals surface area contributed by atoms with Gasteiger partial charge in [-0.1, -0.05) is 0 Å². The van der Waals surface area contributed by atoms with Gasteiger partial charge in [-0.3, -0.25) is 19.4 Å². The Balaban J connectivity index is 4.63. The van der Waals surface area contributed by atoms with E-state index in [4.69, 9.17) is 28.0 Å². The highest BCUT2D eigenvalue weighted by Gasteiger charge is 2.27. The Morgan fingerprint density at radius 1 is 0.963 bits per heavy atom. The van der Waals surface area contributed by atoms with Gasteiger partial charge in [-0.05, 0) is 19.3 Å². The van der Waals surface area contributed by atoms with Gasteiger partial charge >= 0.3 is 5.97 Å². The second-order valence-electron chi connectivity index (χ2n) is 5.70. The number of nitrogens with zero attached hydrogens (tertiary/aromatic N) is 1. The maximum atomic E-state index is 12.1. The van der Waals surface area contributed by atoms with E-state index in [0.717, 1.165) is 0 Å². The lowest BCUT2D eigenvalue weighted by atomic mass is 10.1. The lowest BCUT2D eigenvalue weighted by Gasteiger charge is -2.21. The average Bonchev–Trinajstić information content (AvgIpc) is 2.58. The molecule has 0 bridgehead atoms. The maximum Gasteiger partial charge on any atom is 0.326 e. The van der Waals surface area contributed by atoms with Crippen molar-refractivity contribution in [2.24, 2.45) is 27.9 Å². The smallest absolute Gasteiger partial charge is 0.326 e. The largest absolute Gasteiger partial charge is 0.480 e. The van der Waals surface area contributed by atoms with Gasteiger partial charge in [0.15, 0.2) is 5.96 Å². The van der Waals surface area contributed by atoms with Crippen LogP contribution >= 0.6 is 0 Å². The first-order valence-electron chi connectivity index (χ1n) is 8.12. The molecule has 0 unspecified atom stereocenters. The summed E-state index contributed by atoms with van der Waals surface area (Å²) in [5.41, 5.74) is 21.0. The Labute approximate surface area is 155 Å². The highest BCUT2D eigenvalue weighted by Crippen LogP contribution is 2.00. The van der Waals surface area contributed by atoms with Crippen LogP contribution in [0.25, 0.3) is 0 Å². The number of rotatable bonds is 13. The number of amides is 3. The summed E-state index contributed by atoms with van der Waals surface area (Å²) in [6.07, 6.45) is 0.149. The molecular formula is C14H27N7O6. The summed E-state index contributed by atoms with van der Waals surface area (Å²) in [7, 11) is 0. The van der Waals surface area contributed by atoms with Crippen molar-refractivity contribution < 1.29 is 29.4 Å². The molecule has 0 rings (SSSR count). The van der Waals surface area contributed by atoms with Crippen LogP contribution in [-0.2, 0) is 19.2 Å². The lowest BCUT2D eigenvalue weighted by Crippen LogP contribution is -2.55. The number of nitrogens with two attached hydrogens (primary N) is 4. The third kappa shape index (κ3) is 10.6. The Morgan fingerprint density at radius 2 is 1.56 bits per heavy atom. The molecule has 0 saturated carbocycles. The molecule has 0 radical (unpaired) electrons. The number of nitrogens with one attached hydrogen (secondary N) is 2. The number of carboxylic acid groups (broad SMARTS) is 1. The van der Waals surface area contributed by atoms with Gasteiger partial charge in [0.2, 0.25) is 17.7 Å². The maximum absolute atomic E-state index is 12.1. The molecular weight excluding hydrogens is 362 g/mol. The SMILES string of the molecule is NC(=O)CC[C@H](NC(=O)[C@H](CO)NC(=O)[C@@H](N)CCCN=C(N)N)C(=O)O. The van der Waals surface area contributed by atoms with Crippen LogP contribution in [0.4, 0.5) is 0 Å². The van der Waals surface area contributed by atoms with Crippen molar-refractivity contribution in [3.05, 3.63) is 0 Å². The Hall–Kier alpha value is -2.93. The summed E-state index contributed by atoms with van der Waals surface area (Å²) in [5.74, 6) is -3.85. The minimum Gasteiger partial charge on any atom is -0.480 e. The summed E-state index contributed by atoms with van der Waals surface area (Å²) < 4.78 is 0. The van der Waals surface area contributed by atoms with Crippen molar-refractivity contribution in [2.75, 3.05) is 13.2 Å². The fourth-order valence-corrected chi connectivity index (χ4v) is 1.94. The number of carboxylic acids is 1. The van der Waals surface area contributed by atoms with Crippen molar-refractivity contribution in [1.82, 2.24) is 10.6 Å². The molecule has 3 amide bonds. The molecule has 0 aliphatic heterocycles. The first-order valence-corrected chi connectivity index (χ1v) is 8.12. The number of carbonyl (C=O) groups is 4. The molecule has 12 N–H and O–H groups in total. The predicted molar refractivity (Wildman–Crippen MR) is 94.9 cm³/mol. The second kappa shape index (κ2) is 12.4. The van der Waals surface area contributed by atoms with Gasteiger partial charge in [0.1, 0.15) is 12.1 Å². The van der Waals surface area contributed by atoms with E-state index in [9.17, 15) is 24.3 Å². The van der Waals surface area contributed by atoms with Crippen molar-refractivity contribution in [1.29, 1.82) is 0 Å².